The molecule has 0 fully saturated rings. The van der Waals surface area contributed by atoms with Crippen LogP contribution in [0, 0.1) is 0 Å². The number of amides is 1. The van der Waals surface area contributed by atoms with Gasteiger partial charge in [0.1, 0.15) is 16.2 Å². The molecule has 1 N–H and O–H groups in total. The minimum Gasteiger partial charge on any atom is -0.495 e. The first-order chi connectivity index (χ1) is 10.9. The summed E-state index contributed by atoms with van der Waals surface area (Å²) in [7, 11) is 1.57. The molecule has 8 nitrogen and oxygen atoms in total. The normalized spacial score (nSPS) is 12.1. The fraction of sp³-hybridized carbons (Fsp3) is 0.467. The predicted octanol–water partition coefficient (Wildman–Crippen LogP) is 0.881. The van der Waals surface area contributed by atoms with Gasteiger partial charge in [-0.05, 0) is 32.0 Å². The lowest BCUT2D eigenvalue weighted by atomic mass is 10.0. The molecule has 0 aromatic heterocycles. The molecule has 0 unspecified atom stereocenters. The fourth-order valence-electron chi connectivity index (χ4n) is 1.80. The average molecular weight is 358 g/mol. The Hall–Kier alpha value is -2.13. The lowest BCUT2D eigenvalue weighted by Crippen LogP contribution is -2.50. The molecule has 0 heterocycles. The van der Waals surface area contributed by atoms with Gasteiger partial charge in [0.15, 0.2) is 0 Å². The first-order valence-corrected chi connectivity index (χ1v) is 8.43. The van der Waals surface area contributed by atoms with Gasteiger partial charge in [-0.1, -0.05) is 0 Å². The Labute approximate surface area is 141 Å². The third-order valence-electron chi connectivity index (χ3n) is 3.84. The quantitative estimate of drug-likeness (QED) is 0.809. The molecule has 0 aliphatic rings. The topological polar surface area (TPSA) is 104 Å². The Morgan fingerprint density at radius 2 is 1.71 bits per heavy atom. The minimum absolute atomic E-state index is 0.0491. The van der Waals surface area contributed by atoms with Crippen LogP contribution in [-0.2, 0) is 14.8 Å². The van der Waals surface area contributed by atoms with Crippen molar-refractivity contribution in [3.63, 3.8) is 0 Å². The van der Waals surface area contributed by atoms with E-state index in [1.54, 1.807) is 0 Å². The van der Waals surface area contributed by atoms with E-state index in [1.807, 2.05) is 0 Å². The van der Waals surface area contributed by atoms with Crippen LogP contribution >= 0.6 is 0 Å². The Balaban J connectivity index is 3.43. The van der Waals surface area contributed by atoms with Crippen LogP contribution in [0.3, 0.4) is 0 Å². The number of likely N-dealkylation sites (N-methyl/N-ethyl adjacent to an activating group) is 1. The van der Waals surface area contributed by atoms with Crippen LogP contribution in [0.5, 0.6) is 5.75 Å². The zero-order valence-corrected chi connectivity index (χ0v) is 15.3. The second-order valence-corrected chi connectivity index (χ2v) is 8.00. The number of sulfonamides is 1. The molecule has 134 valence electrons. The summed E-state index contributed by atoms with van der Waals surface area (Å²) in [6.45, 7) is 2.77. The van der Waals surface area contributed by atoms with E-state index in [0.29, 0.717) is 0 Å². The Morgan fingerprint density at radius 3 is 2.12 bits per heavy atom. The Bertz CT molecular complexity index is 755. The number of ether oxygens (including phenoxy) is 1. The molecule has 0 aliphatic heterocycles. The van der Waals surface area contributed by atoms with Gasteiger partial charge in [0.05, 0.1) is 7.11 Å². The third kappa shape index (κ3) is 3.51. The van der Waals surface area contributed by atoms with Crippen LogP contribution in [0.1, 0.15) is 24.2 Å². The van der Waals surface area contributed by atoms with Crippen LogP contribution in [0.4, 0.5) is 0 Å². The number of aliphatic carboxylic acids is 1. The first-order valence-electron chi connectivity index (χ1n) is 6.99. The number of carbonyl (C=O) groups is 2. The predicted molar refractivity (Wildman–Crippen MR) is 87.7 cm³/mol. The number of nitrogens with zero attached hydrogens (tertiary/aromatic N) is 2. The molecule has 0 radical (unpaired) electrons. The van der Waals surface area contributed by atoms with Crippen LogP contribution in [-0.4, -0.2) is 68.4 Å². The van der Waals surface area contributed by atoms with Crippen molar-refractivity contribution >= 4 is 21.9 Å². The molecule has 0 bridgehead atoms. The number of rotatable bonds is 6. The third-order valence-corrected chi connectivity index (χ3v) is 5.67. The minimum atomic E-state index is -3.83. The van der Waals surface area contributed by atoms with E-state index in [2.05, 4.69) is 0 Å². The summed E-state index contributed by atoms with van der Waals surface area (Å²) in [5, 5.41) is 9.23. The number of hydrogen-bond donors (Lipinski definition) is 1. The maximum Gasteiger partial charge on any atom is 0.329 e. The van der Waals surface area contributed by atoms with Crippen molar-refractivity contribution in [3.8, 4) is 5.75 Å². The number of carbonyl (C=O) groups excluding carboxylic acids is 1. The van der Waals surface area contributed by atoms with Crippen LogP contribution in [0.2, 0.25) is 0 Å². The van der Waals surface area contributed by atoms with Crippen molar-refractivity contribution in [2.45, 2.75) is 24.3 Å². The molecule has 1 amide bonds. The molecule has 24 heavy (non-hydrogen) atoms. The number of carboxylic acid groups (broad SMARTS) is 1. The summed E-state index contributed by atoms with van der Waals surface area (Å²) in [5.74, 6) is -1.69. The molecular formula is C15H22N2O6S. The lowest BCUT2D eigenvalue weighted by molar-refractivity contribution is -0.147. The Kier molecular flexibility index (Phi) is 5.62. The van der Waals surface area contributed by atoms with Gasteiger partial charge < -0.3 is 14.7 Å². The highest BCUT2D eigenvalue weighted by molar-refractivity contribution is 7.89. The van der Waals surface area contributed by atoms with E-state index in [-0.39, 0.29) is 16.2 Å². The zero-order valence-electron chi connectivity index (χ0n) is 14.5. The van der Waals surface area contributed by atoms with Crippen molar-refractivity contribution in [2.75, 3.05) is 28.3 Å². The number of hydrogen-bond acceptors (Lipinski definition) is 5. The molecule has 0 saturated carbocycles. The molecule has 0 aliphatic carbocycles. The summed E-state index contributed by atoms with van der Waals surface area (Å²) in [6.07, 6.45) is 0. The highest BCUT2D eigenvalue weighted by Crippen LogP contribution is 2.28. The zero-order chi connectivity index (χ0) is 18.9. The van der Waals surface area contributed by atoms with Gasteiger partial charge in [-0.3, -0.25) is 4.79 Å². The van der Waals surface area contributed by atoms with Gasteiger partial charge in [0.2, 0.25) is 10.0 Å². The van der Waals surface area contributed by atoms with E-state index in [1.165, 1.54) is 60.3 Å². The SMILES string of the molecule is COc1ccc(C(=O)N(C)C(C)(C)C(=O)O)cc1S(=O)(=O)N(C)C. The number of methoxy groups -OCH3 is 1. The van der Waals surface area contributed by atoms with Crippen molar-refractivity contribution < 1.29 is 27.9 Å². The van der Waals surface area contributed by atoms with Crippen molar-refractivity contribution in [1.29, 1.82) is 0 Å². The van der Waals surface area contributed by atoms with Gasteiger partial charge in [0, 0.05) is 26.7 Å². The highest BCUT2D eigenvalue weighted by atomic mass is 32.2. The summed E-state index contributed by atoms with van der Waals surface area (Å²) in [4.78, 5) is 24.7. The average Bonchev–Trinajstić information content (AvgIpc) is 2.52. The van der Waals surface area contributed by atoms with Gasteiger partial charge in [0.25, 0.3) is 5.91 Å². The van der Waals surface area contributed by atoms with Crippen molar-refractivity contribution in [1.82, 2.24) is 9.21 Å². The standard InChI is InChI=1S/C15H22N2O6S/c1-15(2,14(19)20)17(5)13(18)10-7-8-11(23-6)12(9-10)24(21,22)16(3)4/h7-9H,1-6H3,(H,19,20). The van der Waals surface area contributed by atoms with Crippen LogP contribution in [0.15, 0.2) is 23.1 Å². The maximum absolute atomic E-state index is 12.6. The van der Waals surface area contributed by atoms with E-state index >= 15 is 0 Å². The second kappa shape index (κ2) is 6.78. The summed E-state index contributed by atoms with van der Waals surface area (Å²) in [6, 6.07) is 3.94. The molecule has 0 atom stereocenters. The van der Waals surface area contributed by atoms with Crippen molar-refractivity contribution in [2.24, 2.45) is 0 Å². The summed E-state index contributed by atoms with van der Waals surface area (Å²) in [5.41, 5.74) is -1.40. The van der Waals surface area contributed by atoms with E-state index in [9.17, 15) is 23.1 Å². The van der Waals surface area contributed by atoms with Gasteiger partial charge in [-0.2, -0.15) is 0 Å². The Morgan fingerprint density at radius 1 is 1.17 bits per heavy atom. The molecule has 0 saturated heterocycles. The van der Waals surface area contributed by atoms with Crippen LogP contribution < -0.4 is 4.74 Å². The van der Waals surface area contributed by atoms with E-state index in [0.717, 1.165) is 9.21 Å². The first kappa shape index (κ1) is 19.9. The maximum atomic E-state index is 12.6. The van der Waals surface area contributed by atoms with Crippen molar-refractivity contribution in [3.05, 3.63) is 23.8 Å². The number of benzene rings is 1. The molecule has 0 spiro atoms. The molecule has 1 rings (SSSR count). The van der Waals surface area contributed by atoms with Crippen LogP contribution in [0.25, 0.3) is 0 Å². The van der Waals surface area contributed by atoms with Gasteiger partial charge in [-0.25, -0.2) is 17.5 Å². The lowest BCUT2D eigenvalue weighted by Gasteiger charge is -2.31. The number of carboxylic acids is 1. The smallest absolute Gasteiger partial charge is 0.329 e. The highest BCUT2D eigenvalue weighted by Gasteiger charge is 2.36. The van der Waals surface area contributed by atoms with E-state index < -0.39 is 27.4 Å². The van der Waals surface area contributed by atoms with Gasteiger partial charge in [-0.15, -0.1) is 0 Å². The molecule has 1 aromatic carbocycles. The van der Waals surface area contributed by atoms with E-state index in [4.69, 9.17) is 4.74 Å². The summed E-state index contributed by atoms with van der Waals surface area (Å²) < 4.78 is 30.8. The summed E-state index contributed by atoms with van der Waals surface area (Å²) >= 11 is 0. The molecule has 1 aromatic rings. The molecule has 9 heteroatoms. The fourth-order valence-corrected chi connectivity index (χ4v) is 2.87. The van der Waals surface area contributed by atoms with Gasteiger partial charge >= 0.3 is 5.97 Å². The monoisotopic (exact) mass is 358 g/mol. The second-order valence-electron chi connectivity index (χ2n) is 5.88. The largest absolute Gasteiger partial charge is 0.495 e. The molecular weight excluding hydrogens is 336 g/mol.